The first kappa shape index (κ1) is 7.10. The van der Waals surface area contributed by atoms with Crippen molar-refractivity contribution in [3.05, 3.63) is 12.7 Å². The van der Waals surface area contributed by atoms with E-state index in [-0.39, 0.29) is 6.61 Å². The molecule has 0 saturated heterocycles. The van der Waals surface area contributed by atoms with Crippen molar-refractivity contribution in [3.63, 3.8) is 0 Å². The molecule has 0 bridgehead atoms. The van der Waals surface area contributed by atoms with E-state index in [1.54, 1.807) is 0 Å². The second-order valence-electron chi connectivity index (χ2n) is 0.753. The number of rotatable bonds is 3. The average Bonchev–Trinajstić information content (AvgIpc) is 1.61. The lowest BCUT2D eigenvalue weighted by atomic mass is 10.7. The Morgan fingerprint density at radius 1 is 1.71 bits per heavy atom. The molecule has 0 rings (SSSR count). The van der Waals surface area contributed by atoms with Crippen LogP contribution >= 0.6 is 0 Å². The average molecular weight is 169 g/mol. The molecule has 0 unspecified atom stereocenters. The predicted octanol–water partition coefficient (Wildman–Crippen LogP) is -1.72. The van der Waals surface area contributed by atoms with Gasteiger partial charge in [-0.2, -0.15) is 0 Å². The van der Waals surface area contributed by atoms with Crippen molar-refractivity contribution in [2.45, 2.75) is 0 Å². The predicted molar refractivity (Wildman–Crippen MR) is 16.1 cm³/mol. The maximum absolute atomic E-state index is 9.56. The van der Waals surface area contributed by atoms with Gasteiger partial charge in [0.25, 0.3) is 0 Å². The minimum Gasteiger partial charge on any atom is -0.372 e. The summed E-state index contributed by atoms with van der Waals surface area (Å²) in [4.78, 5) is 0. The van der Waals surface area contributed by atoms with E-state index in [1.807, 2.05) is 0 Å². The highest BCUT2D eigenvalue weighted by atomic mass is 80.0. The minimum atomic E-state index is -2.99. The summed E-state index contributed by atoms with van der Waals surface area (Å²) in [6, 6.07) is 0. The maximum Gasteiger partial charge on any atom is 0.436 e. The molecule has 0 aliphatic carbocycles. The van der Waals surface area contributed by atoms with Crippen LogP contribution in [-0.2, 0) is 3.83 Å². The number of hydrogen-bond acceptors (Lipinski definition) is 3. The van der Waals surface area contributed by atoms with E-state index in [9.17, 15) is 8.40 Å². The zero-order valence-corrected chi connectivity index (χ0v) is 5.18. The standard InChI is InChI=1S/C3H5BrO3/c1-2-3-7-4(5)6/h2H,1,3H2. The SMILES string of the molecule is C=CCO[Br+2]([O-])[O-]. The lowest BCUT2D eigenvalue weighted by molar-refractivity contribution is -1.63. The molecule has 0 fully saturated rings. The zero-order valence-electron chi connectivity index (χ0n) is 3.59. The van der Waals surface area contributed by atoms with Crippen molar-refractivity contribution in [2.24, 2.45) is 0 Å². The Bertz CT molecular complexity index is 54.1. The van der Waals surface area contributed by atoms with Gasteiger partial charge in [0.05, 0.1) is 0 Å². The van der Waals surface area contributed by atoms with Crippen LogP contribution in [0.1, 0.15) is 0 Å². The molecule has 0 aromatic carbocycles. The molecule has 0 N–H and O–H groups in total. The summed E-state index contributed by atoms with van der Waals surface area (Å²) < 4.78 is 23.2. The van der Waals surface area contributed by atoms with Gasteiger partial charge in [0.1, 0.15) is 0 Å². The van der Waals surface area contributed by atoms with E-state index in [0.717, 1.165) is 0 Å². The largest absolute Gasteiger partial charge is 0.436 e. The maximum atomic E-state index is 9.56. The fraction of sp³-hybridized carbons (Fsp3) is 0.333. The highest BCUT2D eigenvalue weighted by Crippen LogP contribution is 1.74. The summed E-state index contributed by atoms with van der Waals surface area (Å²) in [5.74, 6) is 0. The quantitative estimate of drug-likeness (QED) is 0.472. The van der Waals surface area contributed by atoms with Gasteiger partial charge in [-0.25, -0.2) is 0 Å². The Labute approximate surface area is 47.0 Å². The molecule has 42 valence electrons. The van der Waals surface area contributed by atoms with Crippen LogP contribution in [0.15, 0.2) is 12.7 Å². The molecular formula is C3H5BrO3. The molecule has 0 aliphatic heterocycles. The third kappa shape index (κ3) is 6.10. The smallest absolute Gasteiger partial charge is 0.372 e. The Balaban J connectivity index is 2.81. The van der Waals surface area contributed by atoms with Gasteiger partial charge in [0.15, 0.2) is 6.61 Å². The highest BCUT2D eigenvalue weighted by Gasteiger charge is 2.04. The van der Waals surface area contributed by atoms with E-state index < -0.39 is 14.8 Å². The van der Waals surface area contributed by atoms with Crippen LogP contribution in [-0.4, -0.2) is 6.61 Å². The summed E-state index contributed by atoms with van der Waals surface area (Å²) in [6.07, 6.45) is 1.38. The molecule has 0 atom stereocenters. The Morgan fingerprint density at radius 2 is 2.29 bits per heavy atom. The van der Waals surface area contributed by atoms with Crippen LogP contribution in [0.25, 0.3) is 0 Å². The summed E-state index contributed by atoms with van der Waals surface area (Å²) in [5, 5.41) is 0. The summed E-state index contributed by atoms with van der Waals surface area (Å²) in [7, 11) is 0. The molecule has 7 heavy (non-hydrogen) atoms. The third-order valence-electron chi connectivity index (χ3n) is 0.270. The summed E-state index contributed by atoms with van der Waals surface area (Å²) >= 11 is -2.99. The normalized spacial score (nSPS) is 9.57. The lowest BCUT2D eigenvalue weighted by Crippen LogP contribution is -2.34. The Hall–Kier alpha value is 0.100. The zero-order chi connectivity index (χ0) is 5.70. The monoisotopic (exact) mass is 168 g/mol. The Kier molecular flexibility index (Phi) is 4.32. The van der Waals surface area contributed by atoms with Crippen molar-refractivity contribution in [1.29, 1.82) is 0 Å². The highest BCUT2D eigenvalue weighted by molar-refractivity contribution is 4.61. The van der Waals surface area contributed by atoms with Crippen molar-refractivity contribution >= 4 is 0 Å². The van der Waals surface area contributed by atoms with Gasteiger partial charge in [-0.1, -0.05) is 6.08 Å². The molecule has 0 spiro atoms. The van der Waals surface area contributed by atoms with Gasteiger partial charge in [-0.05, 0) is 3.83 Å². The third-order valence-corrected chi connectivity index (χ3v) is 0.908. The second kappa shape index (κ2) is 4.26. The molecule has 0 aromatic rings. The first-order chi connectivity index (χ1) is 3.27. The second-order valence-corrected chi connectivity index (χ2v) is 2.00. The van der Waals surface area contributed by atoms with Gasteiger partial charge in [0, 0.05) is 0 Å². The molecular weight excluding hydrogens is 164 g/mol. The Morgan fingerprint density at radius 3 is 2.43 bits per heavy atom. The van der Waals surface area contributed by atoms with E-state index in [2.05, 4.69) is 10.4 Å². The number of hydrogen-bond donors (Lipinski definition) is 0. The van der Waals surface area contributed by atoms with Crippen molar-refractivity contribution in [2.75, 3.05) is 6.61 Å². The van der Waals surface area contributed by atoms with E-state index in [4.69, 9.17) is 0 Å². The van der Waals surface area contributed by atoms with Gasteiger partial charge in [0.2, 0.25) is 0 Å². The lowest BCUT2D eigenvalue weighted by Gasteiger charge is -1.84. The van der Waals surface area contributed by atoms with Gasteiger partial charge in [-0.3, -0.25) is 0 Å². The van der Waals surface area contributed by atoms with Gasteiger partial charge < -0.3 is 8.40 Å². The van der Waals surface area contributed by atoms with Gasteiger partial charge >= 0.3 is 14.8 Å². The first-order valence-corrected chi connectivity index (χ1v) is 3.51. The van der Waals surface area contributed by atoms with Crippen LogP contribution in [0, 0.1) is 14.8 Å². The van der Waals surface area contributed by atoms with E-state index in [0.29, 0.717) is 0 Å². The molecule has 0 heterocycles. The molecule has 0 radical (unpaired) electrons. The molecule has 0 amide bonds. The van der Waals surface area contributed by atoms with E-state index in [1.165, 1.54) is 6.08 Å². The molecule has 0 aromatic heterocycles. The topological polar surface area (TPSA) is 55.3 Å². The van der Waals surface area contributed by atoms with Crippen LogP contribution < -0.4 is 8.40 Å². The number of halogens is 1. The van der Waals surface area contributed by atoms with Crippen molar-refractivity contribution < 1.29 is 27.0 Å². The summed E-state index contributed by atoms with van der Waals surface area (Å²) in [5.41, 5.74) is 0. The fourth-order valence-corrected chi connectivity index (χ4v) is 0.499. The fourth-order valence-electron chi connectivity index (χ4n) is 0.0960. The molecule has 3 nitrogen and oxygen atoms in total. The minimum absolute atomic E-state index is 0.0856. The molecule has 0 saturated carbocycles. The van der Waals surface area contributed by atoms with Crippen LogP contribution in [0.3, 0.4) is 0 Å². The van der Waals surface area contributed by atoms with Crippen LogP contribution in [0.4, 0.5) is 0 Å². The summed E-state index contributed by atoms with van der Waals surface area (Å²) in [6.45, 7) is 3.33. The van der Waals surface area contributed by atoms with Crippen molar-refractivity contribution in [3.8, 4) is 0 Å². The van der Waals surface area contributed by atoms with Gasteiger partial charge in [-0.15, -0.1) is 6.58 Å². The van der Waals surface area contributed by atoms with Crippen LogP contribution in [0.2, 0.25) is 0 Å². The molecule has 0 aliphatic rings. The van der Waals surface area contributed by atoms with Crippen molar-refractivity contribution in [1.82, 2.24) is 0 Å². The van der Waals surface area contributed by atoms with E-state index >= 15 is 0 Å². The van der Waals surface area contributed by atoms with Crippen LogP contribution in [0.5, 0.6) is 0 Å². The molecule has 4 heteroatoms. The first-order valence-electron chi connectivity index (χ1n) is 1.57.